The number of nitrogens with one attached hydrogen (secondary N) is 1. The van der Waals surface area contributed by atoms with E-state index in [1.165, 1.54) is 10.6 Å². The fraction of sp³-hybridized carbons (Fsp3) is 0.615. The molecule has 0 aliphatic carbocycles. The number of hydrogen-bond donors (Lipinski definition) is 1. The lowest BCUT2D eigenvalue weighted by molar-refractivity contribution is 0.182. The first-order valence-corrected chi connectivity index (χ1v) is 8.70. The van der Waals surface area contributed by atoms with Crippen LogP contribution in [0.5, 0.6) is 0 Å². The molecule has 112 valence electrons. The molecule has 0 radical (unpaired) electrons. The number of pyridine rings is 1. The molecule has 6 nitrogen and oxygen atoms in total. The molecule has 0 spiro atoms. The highest BCUT2D eigenvalue weighted by Gasteiger charge is 2.23. The summed E-state index contributed by atoms with van der Waals surface area (Å²) >= 11 is 0. The predicted molar refractivity (Wildman–Crippen MR) is 80.1 cm³/mol. The number of hydrogen-bond acceptors (Lipinski definition) is 5. The van der Waals surface area contributed by atoms with E-state index in [0.29, 0.717) is 13.1 Å². The molecule has 7 heteroatoms. The second kappa shape index (κ2) is 6.51. The predicted octanol–water partition coefficient (Wildman–Crippen LogP) is 0.591. The van der Waals surface area contributed by atoms with Crippen LogP contribution >= 0.6 is 0 Å². The van der Waals surface area contributed by atoms with E-state index in [9.17, 15) is 8.42 Å². The summed E-state index contributed by atoms with van der Waals surface area (Å²) < 4.78 is 24.4. The Morgan fingerprint density at radius 3 is 2.45 bits per heavy atom. The normalized spacial score (nSPS) is 18.1. The highest BCUT2D eigenvalue weighted by atomic mass is 32.2. The van der Waals surface area contributed by atoms with Gasteiger partial charge in [0.1, 0.15) is 5.82 Å². The van der Waals surface area contributed by atoms with Crippen LogP contribution in [0, 0.1) is 0 Å². The third kappa shape index (κ3) is 4.16. The van der Waals surface area contributed by atoms with E-state index in [1.54, 1.807) is 0 Å². The lowest BCUT2D eigenvalue weighted by Gasteiger charge is -2.33. The van der Waals surface area contributed by atoms with Gasteiger partial charge in [0.15, 0.2) is 0 Å². The fourth-order valence-electron chi connectivity index (χ4n) is 2.28. The van der Waals surface area contributed by atoms with Crippen molar-refractivity contribution in [2.45, 2.75) is 13.5 Å². The minimum atomic E-state index is -3.05. The highest BCUT2D eigenvalue weighted by Crippen LogP contribution is 2.11. The lowest BCUT2D eigenvalue weighted by atomic mass is 10.2. The van der Waals surface area contributed by atoms with Gasteiger partial charge in [-0.3, -0.25) is 4.90 Å². The van der Waals surface area contributed by atoms with Crippen molar-refractivity contribution in [2.75, 3.05) is 44.3 Å². The standard InChI is InChI=1S/C13H22N4O2S/c1-3-14-13-5-4-12(10-15-13)11-16-6-8-17(9-7-16)20(2,18)19/h4-5,10H,3,6-9,11H2,1-2H3,(H,14,15). The van der Waals surface area contributed by atoms with Crippen molar-refractivity contribution in [1.82, 2.24) is 14.2 Å². The van der Waals surface area contributed by atoms with Crippen LogP contribution in [-0.4, -0.2) is 61.6 Å². The van der Waals surface area contributed by atoms with Crippen LogP contribution in [-0.2, 0) is 16.6 Å². The first-order chi connectivity index (χ1) is 9.49. The summed E-state index contributed by atoms with van der Waals surface area (Å²) in [4.78, 5) is 6.60. The highest BCUT2D eigenvalue weighted by molar-refractivity contribution is 7.88. The van der Waals surface area contributed by atoms with Crippen molar-refractivity contribution in [3.8, 4) is 0 Å². The number of sulfonamides is 1. The number of piperazine rings is 1. The SMILES string of the molecule is CCNc1ccc(CN2CCN(S(C)(=O)=O)CC2)cn1. The maximum absolute atomic E-state index is 11.4. The van der Waals surface area contributed by atoms with Crippen LogP contribution in [0.3, 0.4) is 0 Å². The molecule has 1 aromatic heterocycles. The molecule has 0 aromatic carbocycles. The van der Waals surface area contributed by atoms with E-state index < -0.39 is 10.0 Å². The Kier molecular flexibility index (Phi) is 4.95. The number of aromatic nitrogens is 1. The monoisotopic (exact) mass is 298 g/mol. The number of nitrogens with zero attached hydrogens (tertiary/aromatic N) is 3. The Bertz CT molecular complexity index is 522. The summed E-state index contributed by atoms with van der Waals surface area (Å²) in [5.41, 5.74) is 1.15. The smallest absolute Gasteiger partial charge is 0.211 e. The molecular formula is C13H22N4O2S. The van der Waals surface area contributed by atoms with E-state index in [1.807, 2.05) is 19.2 Å². The van der Waals surface area contributed by atoms with Gasteiger partial charge in [-0.2, -0.15) is 4.31 Å². The zero-order valence-electron chi connectivity index (χ0n) is 12.0. The van der Waals surface area contributed by atoms with Gasteiger partial charge in [0, 0.05) is 45.5 Å². The summed E-state index contributed by atoms with van der Waals surface area (Å²) in [5, 5.41) is 3.16. The van der Waals surface area contributed by atoms with Gasteiger partial charge < -0.3 is 5.32 Å². The van der Waals surface area contributed by atoms with Crippen molar-refractivity contribution in [1.29, 1.82) is 0 Å². The number of rotatable bonds is 5. The molecule has 1 aliphatic heterocycles. The molecule has 20 heavy (non-hydrogen) atoms. The quantitative estimate of drug-likeness (QED) is 0.862. The van der Waals surface area contributed by atoms with E-state index in [0.717, 1.165) is 37.6 Å². The molecule has 2 rings (SSSR count). The second-order valence-electron chi connectivity index (χ2n) is 5.02. The minimum Gasteiger partial charge on any atom is -0.370 e. The Hall–Kier alpha value is -1.18. The zero-order valence-corrected chi connectivity index (χ0v) is 12.9. The van der Waals surface area contributed by atoms with Gasteiger partial charge in [0.05, 0.1) is 6.26 Å². The van der Waals surface area contributed by atoms with Gasteiger partial charge in [0.25, 0.3) is 0 Å². The van der Waals surface area contributed by atoms with Crippen LogP contribution in [0.4, 0.5) is 5.82 Å². The van der Waals surface area contributed by atoms with Crippen LogP contribution in [0.2, 0.25) is 0 Å². The average molecular weight is 298 g/mol. The van der Waals surface area contributed by atoms with Gasteiger partial charge in [0.2, 0.25) is 10.0 Å². The summed E-state index contributed by atoms with van der Waals surface area (Å²) in [6.07, 6.45) is 3.15. The van der Waals surface area contributed by atoms with Crippen molar-refractivity contribution < 1.29 is 8.42 Å². The Morgan fingerprint density at radius 2 is 1.95 bits per heavy atom. The van der Waals surface area contributed by atoms with E-state index in [4.69, 9.17) is 0 Å². The van der Waals surface area contributed by atoms with Gasteiger partial charge in [-0.05, 0) is 18.6 Å². The van der Waals surface area contributed by atoms with E-state index in [2.05, 4.69) is 21.3 Å². The molecule has 1 saturated heterocycles. The lowest BCUT2D eigenvalue weighted by Crippen LogP contribution is -2.47. The first kappa shape index (κ1) is 15.2. The Morgan fingerprint density at radius 1 is 1.25 bits per heavy atom. The van der Waals surface area contributed by atoms with E-state index >= 15 is 0 Å². The van der Waals surface area contributed by atoms with Crippen molar-refractivity contribution in [3.05, 3.63) is 23.9 Å². The van der Waals surface area contributed by atoms with Crippen LogP contribution in [0.1, 0.15) is 12.5 Å². The van der Waals surface area contributed by atoms with Crippen LogP contribution in [0.15, 0.2) is 18.3 Å². The molecule has 0 amide bonds. The summed E-state index contributed by atoms with van der Waals surface area (Å²) in [5.74, 6) is 0.887. The van der Waals surface area contributed by atoms with Gasteiger partial charge in [-0.25, -0.2) is 13.4 Å². The van der Waals surface area contributed by atoms with Crippen LogP contribution in [0.25, 0.3) is 0 Å². The molecule has 0 atom stereocenters. The van der Waals surface area contributed by atoms with Gasteiger partial charge >= 0.3 is 0 Å². The van der Waals surface area contributed by atoms with Crippen molar-refractivity contribution in [3.63, 3.8) is 0 Å². The summed E-state index contributed by atoms with van der Waals surface area (Å²) in [6, 6.07) is 4.04. The van der Waals surface area contributed by atoms with Crippen molar-refractivity contribution in [2.24, 2.45) is 0 Å². The Balaban J connectivity index is 1.86. The Labute approximate surface area is 120 Å². The minimum absolute atomic E-state index is 0.571. The maximum Gasteiger partial charge on any atom is 0.211 e. The molecule has 1 fully saturated rings. The molecule has 0 bridgehead atoms. The second-order valence-corrected chi connectivity index (χ2v) is 7.00. The molecule has 1 aromatic rings. The molecule has 1 aliphatic rings. The van der Waals surface area contributed by atoms with Gasteiger partial charge in [-0.15, -0.1) is 0 Å². The largest absolute Gasteiger partial charge is 0.370 e. The maximum atomic E-state index is 11.4. The molecular weight excluding hydrogens is 276 g/mol. The van der Waals surface area contributed by atoms with Gasteiger partial charge in [-0.1, -0.05) is 6.07 Å². The molecule has 0 unspecified atom stereocenters. The average Bonchev–Trinajstić information content (AvgIpc) is 2.41. The third-order valence-electron chi connectivity index (χ3n) is 3.39. The number of anilines is 1. The van der Waals surface area contributed by atoms with E-state index in [-0.39, 0.29) is 0 Å². The topological polar surface area (TPSA) is 65.5 Å². The van der Waals surface area contributed by atoms with Crippen LogP contribution < -0.4 is 5.32 Å². The summed E-state index contributed by atoms with van der Waals surface area (Å²) in [7, 11) is -3.05. The first-order valence-electron chi connectivity index (χ1n) is 6.85. The fourth-order valence-corrected chi connectivity index (χ4v) is 3.11. The summed E-state index contributed by atoms with van der Waals surface area (Å²) in [6.45, 7) is 6.39. The molecule has 0 saturated carbocycles. The third-order valence-corrected chi connectivity index (χ3v) is 4.69. The molecule has 2 heterocycles. The molecule has 1 N–H and O–H groups in total. The zero-order chi connectivity index (χ0) is 14.6. The van der Waals surface area contributed by atoms with Crippen molar-refractivity contribution >= 4 is 15.8 Å².